The van der Waals surface area contributed by atoms with E-state index in [1.165, 1.54) is 0 Å². The molecule has 1 atom stereocenters. The lowest BCUT2D eigenvalue weighted by molar-refractivity contribution is -0.135. The molecule has 2 aliphatic heterocycles. The topological polar surface area (TPSA) is 69.7 Å². The highest BCUT2D eigenvalue weighted by Crippen LogP contribution is 2.25. The second-order valence-corrected chi connectivity index (χ2v) is 9.11. The predicted molar refractivity (Wildman–Crippen MR) is 117 cm³/mol. The number of carbonyl (C=O) groups excluding carboxylic acids is 3. The molecule has 1 unspecified atom stereocenters. The molecule has 2 fully saturated rings. The second kappa shape index (κ2) is 10.1. The number of hydrogen-bond acceptors (Lipinski definition) is 3. The first kappa shape index (κ1) is 22.3. The molecular weight excluding hydrogens is 378 g/mol. The molecule has 3 amide bonds. The van der Waals surface area contributed by atoms with Gasteiger partial charge in [0.25, 0.3) is 5.91 Å². The van der Waals surface area contributed by atoms with Gasteiger partial charge in [0.1, 0.15) is 6.04 Å². The Kier molecular flexibility index (Phi) is 7.51. The van der Waals surface area contributed by atoms with Crippen molar-refractivity contribution in [1.29, 1.82) is 0 Å². The van der Waals surface area contributed by atoms with Gasteiger partial charge < -0.3 is 15.1 Å². The first-order chi connectivity index (χ1) is 14.4. The third-order valence-electron chi connectivity index (χ3n) is 6.31. The Hall–Kier alpha value is -2.37. The number of rotatable bonds is 6. The summed E-state index contributed by atoms with van der Waals surface area (Å²) in [4.78, 5) is 42.5. The van der Waals surface area contributed by atoms with E-state index in [1.807, 2.05) is 34.9 Å². The van der Waals surface area contributed by atoms with Gasteiger partial charge >= 0.3 is 0 Å². The highest BCUT2D eigenvalue weighted by atomic mass is 16.2. The predicted octanol–water partition coefficient (Wildman–Crippen LogP) is 3.00. The summed E-state index contributed by atoms with van der Waals surface area (Å²) in [6, 6.07) is 6.93. The minimum absolute atomic E-state index is 0.0291. The van der Waals surface area contributed by atoms with Crippen LogP contribution in [-0.2, 0) is 9.59 Å². The van der Waals surface area contributed by atoms with E-state index in [9.17, 15) is 14.4 Å². The molecule has 0 aromatic heterocycles. The average Bonchev–Trinajstić information content (AvgIpc) is 3.26. The van der Waals surface area contributed by atoms with Crippen molar-refractivity contribution in [2.75, 3.05) is 26.2 Å². The summed E-state index contributed by atoms with van der Waals surface area (Å²) < 4.78 is 0. The molecule has 1 N–H and O–H groups in total. The van der Waals surface area contributed by atoms with Crippen LogP contribution in [0.4, 0.5) is 0 Å². The van der Waals surface area contributed by atoms with Crippen molar-refractivity contribution in [3.63, 3.8) is 0 Å². The Morgan fingerprint density at radius 2 is 1.63 bits per heavy atom. The number of nitrogens with zero attached hydrogens (tertiary/aromatic N) is 2. The normalized spacial score (nSPS) is 18.5. The van der Waals surface area contributed by atoms with Crippen molar-refractivity contribution >= 4 is 17.7 Å². The summed E-state index contributed by atoms with van der Waals surface area (Å²) in [6.07, 6.45) is 4.08. The first-order valence-electron chi connectivity index (χ1n) is 11.3. The van der Waals surface area contributed by atoms with Crippen LogP contribution in [0.1, 0.15) is 61.9 Å². The summed E-state index contributed by atoms with van der Waals surface area (Å²) in [6.45, 7) is 8.85. The van der Waals surface area contributed by atoms with Crippen LogP contribution in [-0.4, -0.2) is 59.7 Å². The van der Waals surface area contributed by atoms with Crippen molar-refractivity contribution in [3.8, 4) is 0 Å². The Balaban J connectivity index is 1.70. The fourth-order valence-corrected chi connectivity index (χ4v) is 4.52. The molecule has 6 nitrogen and oxygen atoms in total. The first-order valence-corrected chi connectivity index (χ1v) is 11.3. The van der Waals surface area contributed by atoms with Crippen molar-refractivity contribution in [2.45, 2.75) is 58.9 Å². The Labute approximate surface area is 180 Å². The second-order valence-electron chi connectivity index (χ2n) is 9.11. The smallest absolute Gasteiger partial charge is 0.252 e. The molecule has 0 bridgehead atoms. The molecule has 0 radical (unpaired) electrons. The molecule has 164 valence electrons. The molecule has 2 saturated heterocycles. The highest BCUT2D eigenvalue weighted by Gasteiger charge is 2.37. The van der Waals surface area contributed by atoms with Gasteiger partial charge in [0.15, 0.2) is 0 Å². The molecule has 0 saturated carbocycles. The van der Waals surface area contributed by atoms with Crippen LogP contribution in [0.15, 0.2) is 24.3 Å². The van der Waals surface area contributed by atoms with E-state index >= 15 is 0 Å². The number of piperidine rings is 1. The molecular formula is C24H35N3O3. The van der Waals surface area contributed by atoms with Crippen molar-refractivity contribution in [3.05, 3.63) is 35.4 Å². The summed E-state index contributed by atoms with van der Waals surface area (Å²) in [5, 5.41) is 3.06. The van der Waals surface area contributed by atoms with Gasteiger partial charge in [-0.25, -0.2) is 0 Å². The summed E-state index contributed by atoms with van der Waals surface area (Å²) in [7, 11) is 0. The molecule has 2 heterocycles. The van der Waals surface area contributed by atoms with Crippen molar-refractivity contribution in [1.82, 2.24) is 15.1 Å². The van der Waals surface area contributed by atoms with E-state index in [1.54, 1.807) is 6.07 Å². The Bertz CT molecular complexity index is 763. The molecule has 3 rings (SSSR count). The summed E-state index contributed by atoms with van der Waals surface area (Å²) in [5.41, 5.74) is 1.51. The van der Waals surface area contributed by atoms with Gasteiger partial charge in [-0.15, -0.1) is 0 Å². The van der Waals surface area contributed by atoms with Gasteiger partial charge in [0, 0.05) is 38.2 Å². The van der Waals surface area contributed by atoms with E-state index < -0.39 is 6.04 Å². The average molecular weight is 414 g/mol. The molecule has 0 spiro atoms. The van der Waals surface area contributed by atoms with Crippen molar-refractivity contribution < 1.29 is 14.4 Å². The maximum Gasteiger partial charge on any atom is 0.252 e. The zero-order chi connectivity index (χ0) is 21.7. The van der Waals surface area contributed by atoms with Crippen LogP contribution in [0.2, 0.25) is 0 Å². The fraction of sp³-hybridized carbons (Fsp3) is 0.625. The van der Waals surface area contributed by atoms with Crippen molar-refractivity contribution in [2.24, 2.45) is 11.8 Å². The van der Waals surface area contributed by atoms with Crippen LogP contribution in [0, 0.1) is 18.8 Å². The monoisotopic (exact) mass is 413 g/mol. The standard InChI is InChI=1S/C24H35N3O3/c1-17(2)16-21(28)26-14-10-19(11-15-26)22(24(30)27-12-6-7-13-27)25-23(29)20-9-5-4-8-18(20)3/h4-5,8-9,17,19,22H,6-7,10-16H2,1-3H3,(H,25,29). The summed E-state index contributed by atoms with van der Waals surface area (Å²) >= 11 is 0. The zero-order valence-electron chi connectivity index (χ0n) is 18.5. The third kappa shape index (κ3) is 5.41. The molecule has 1 aromatic rings. The Morgan fingerprint density at radius 3 is 2.23 bits per heavy atom. The van der Waals surface area contributed by atoms with E-state index in [2.05, 4.69) is 19.2 Å². The quantitative estimate of drug-likeness (QED) is 0.779. The number of amides is 3. The lowest BCUT2D eigenvalue weighted by Gasteiger charge is -2.37. The van der Waals surface area contributed by atoms with Crippen LogP contribution in [0.25, 0.3) is 0 Å². The molecule has 1 aromatic carbocycles. The summed E-state index contributed by atoms with van der Waals surface area (Å²) in [5.74, 6) is 0.419. The lowest BCUT2D eigenvalue weighted by Crippen LogP contribution is -2.54. The van der Waals surface area contributed by atoms with E-state index in [4.69, 9.17) is 0 Å². The van der Waals surface area contributed by atoms with Gasteiger partial charge in [-0.3, -0.25) is 14.4 Å². The molecule has 30 heavy (non-hydrogen) atoms. The number of nitrogens with one attached hydrogen (secondary N) is 1. The zero-order valence-corrected chi connectivity index (χ0v) is 18.5. The van der Waals surface area contributed by atoms with Gasteiger partial charge in [0.05, 0.1) is 0 Å². The molecule has 2 aliphatic rings. The third-order valence-corrected chi connectivity index (χ3v) is 6.31. The molecule has 6 heteroatoms. The van der Waals surface area contributed by atoms with E-state index in [0.717, 1.165) is 44.3 Å². The number of aryl methyl sites for hydroxylation is 1. The lowest BCUT2D eigenvalue weighted by atomic mass is 9.87. The number of hydrogen-bond donors (Lipinski definition) is 1. The maximum absolute atomic E-state index is 13.3. The Morgan fingerprint density at radius 1 is 1.00 bits per heavy atom. The number of benzene rings is 1. The van der Waals surface area contributed by atoms with Crippen LogP contribution in [0.3, 0.4) is 0 Å². The SMILES string of the molecule is Cc1ccccc1C(=O)NC(C(=O)N1CCCC1)C1CCN(C(=O)CC(C)C)CC1. The van der Waals surface area contributed by atoms with Gasteiger partial charge in [0.2, 0.25) is 11.8 Å². The molecule has 0 aliphatic carbocycles. The van der Waals surface area contributed by atoms with E-state index in [-0.39, 0.29) is 23.6 Å². The van der Waals surface area contributed by atoms with Crippen LogP contribution >= 0.6 is 0 Å². The number of carbonyl (C=O) groups is 3. The van der Waals surface area contributed by atoms with Gasteiger partial charge in [-0.05, 0) is 56.1 Å². The fourth-order valence-electron chi connectivity index (χ4n) is 4.52. The minimum Gasteiger partial charge on any atom is -0.343 e. The van der Waals surface area contributed by atoms with E-state index in [0.29, 0.717) is 31.0 Å². The van der Waals surface area contributed by atoms with Gasteiger partial charge in [-0.2, -0.15) is 0 Å². The van der Waals surface area contributed by atoms with Gasteiger partial charge in [-0.1, -0.05) is 32.0 Å². The largest absolute Gasteiger partial charge is 0.343 e. The van der Waals surface area contributed by atoms with Crippen LogP contribution in [0.5, 0.6) is 0 Å². The number of likely N-dealkylation sites (tertiary alicyclic amines) is 2. The van der Waals surface area contributed by atoms with Crippen LogP contribution < -0.4 is 5.32 Å². The minimum atomic E-state index is -0.530. The highest BCUT2D eigenvalue weighted by molar-refractivity contribution is 5.98. The maximum atomic E-state index is 13.3.